The molecule has 2 aromatic carbocycles. The maximum Gasteiger partial charge on any atom is 0.318 e. The first-order valence-electron chi connectivity index (χ1n) is 11.1. The van der Waals surface area contributed by atoms with E-state index in [2.05, 4.69) is 17.3 Å². The summed E-state index contributed by atoms with van der Waals surface area (Å²) in [6, 6.07) is 9.44. The van der Waals surface area contributed by atoms with E-state index in [1.165, 1.54) is 24.4 Å². The predicted octanol–water partition coefficient (Wildman–Crippen LogP) is 3.68. The number of nitro benzene ring substituents is 2. The Labute approximate surface area is 198 Å². The number of rotatable bonds is 6. The number of allylic oxidation sites excluding steroid dienone is 2. The third kappa shape index (κ3) is 3.30. The minimum absolute atomic E-state index is 0.131. The summed E-state index contributed by atoms with van der Waals surface area (Å²) >= 11 is 0. The summed E-state index contributed by atoms with van der Waals surface area (Å²) in [4.78, 5) is 46.6. The molecule has 6 atom stereocenters. The minimum atomic E-state index is -0.754. The number of hydrogen-bond acceptors (Lipinski definition) is 8. The zero-order valence-corrected chi connectivity index (χ0v) is 18.1. The highest BCUT2D eigenvalue weighted by Crippen LogP contribution is 2.65. The maximum atomic E-state index is 13.0. The molecule has 5 aliphatic rings. The van der Waals surface area contributed by atoms with Gasteiger partial charge < -0.3 is 4.74 Å². The van der Waals surface area contributed by atoms with Crippen molar-refractivity contribution in [3.8, 4) is 11.5 Å². The predicted molar refractivity (Wildman–Crippen MR) is 120 cm³/mol. The van der Waals surface area contributed by atoms with Gasteiger partial charge in [-0.25, -0.2) is 0 Å². The molecule has 0 unspecified atom stereocenters. The highest BCUT2D eigenvalue weighted by Gasteiger charge is 2.67. The molecule has 11 heteroatoms. The summed E-state index contributed by atoms with van der Waals surface area (Å²) in [7, 11) is 0. The number of carbonyl (C=O) groups is 2. The molecule has 3 fully saturated rings. The Morgan fingerprint density at radius 3 is 2.11 bits per heavy atom. The summed E-state index contributed by atoms with van der Waals surface area (Å²) < 4.78 is 5.55. The Morgan fingerprint density at radius 2 is 1.54 bits per heavy atom. The van der Waals surface area contributed by atoms with Crippen LogP contribution >= 0.6 is 0 Å². The minimum Gasteiger partial charge on any atom is -0.450 e. The summed E-state index contributed by atoms with van der Waals surface area (Å²) in [6.07, 6.45) is 6.72. The number of carbonyl (C=O) groups excluding carboxylic acids is 2. The number of hydrogen-bond donors (Lipinski definition) is 0. The van der Waals surface area contributed by atoms with Crippen LogP contribution in [-0.4, -0.2) is 32.9 Å². The van der Waals surface area contributed by atoms with Gasteiger partial charge in [0.05, 0.1) is 34.0 Å². The lowest BCUT2D eigenvalue weighted by Gasteiger charge is -2.37. The van der Waals surface area contributed by atoms with E-state index in [4.69, 9.17) is 4.74 Å². The molecule has 0 N–H and O–H groups in total. The van der Waals surface area contributed by atoms with E-state index in [0.717, 1.165) is 23.6 Å². The van der Waals surface area contributed by atoms with Crippen LogP contribution in [0.4, 0.5) is 11.4 Å². The van der Waals surface area contributed by atoms with Gasteiger partial charge in [0, 0.05) is 6.07 Å². The smallest absolute Gasteiger partial charge is 0.318 e. The van der Waals surface area contributed by atoms with Crippen LogP contribution in [0.2, 0.25) is 0 Å². The molecule has 2 aromatic rings. The number of imide groups is 1. The number of non-ortho nitro benzene ring substituents is 1. The average Bonchev–Trinajstić information content (AvgIpc) is 3.63. The van der Waals surface area contributed by atoms with Crippen LogP contribution in [0.5, 0.6) is 11.5 Å². The monoisotopic (exact) mass is 474 g/mol. The van der Waals surface area contributed by atoms with Crippen molar-refractivity contribution in [2.75, 3.05) is 0 Å². The fourth-order valence-corrected chi connectivity index (χ4v) is 5.78. The lowest BCUT2D eigenvalue weighted by Crippen LogP contribution is -2.40. The van der Waals surface area contributed by atoms with Crippen LogP contribution in [-0.2, 0) is 9.59 Å². The van der Waals surface area contributed by atoms with Crippen molar-refractivity contribution in [1.29, 1.82) is 0 Å². The highest BCUT2D eigenvalue weighted by molar-refractivity contribution is 6.06. The molecule has 176 valence electrons. The van der Waals surface area contributed by atoms with Crippen molar-refractivity contribution in [2.24, 2.45) is 40.6 Å². The summed E-state index contributed by atoms with van der Waals surface area (Å²) in [6.45, 7) is 0. The molecular weight excluding hydrogens is 456 g/mol. The molecule has 0 spiro atoms. The zero-order valence-electron chi connectivity index (χ0n) is 18.1. The summed E-state index contributed by atoms with van der Waals surface area (Å²) in [5.41, 5.74) is -0.351. The Bertz CT molecular complexity index is 1320. The number of amides is 2. The van der Waals surface area contributed by atoms with Crippen molar-refractivity contribution < 1.29 is 24.2 Å². The van der Waals surface area contributed by atoms with E-state index >= 15 is 0 Å². The second-order valence-corrected chi connectivity index (χ2v) is 9.22. The van der Waals surface area contributed by atoms with E-state index in [1.807, 2.05) is 0 Å². The number of nitrogens with zero attached hydrogens (tertiary/aromatic N) is 4. The SMILES string of the molecule is O=C1[C@@H]2[C@H]3C=C[C@@H]([C@@H]4C[C@H]34)[C@H]2C(=O)N1/N=C\c1ccc(Oc2ccc([N+](=O)[O-])cc2[N+](=O)[O-])cc1. The lowest BCUT2D eigenvalue weighted by molar-refractivity contribution is -0.394. The molecule has 2 saturated carbocycles. The van der Waals surface area contributed by atoms with Crippen LogP contribution in [0.25, 0.3) is 0 Å². The topological polar surface area (TPSA) is 145 Å². The van der Waals surface area contributed by atoms with E-state index in [9.17, 15) is 29.8 Å². The van der Waals surface area contributed by atoms with Crippen LogP contribution in [0.3, 0.4) is 0 Å². The van der Waals surface area contributed by atoms with Crippen molar-refractivity contribution in [1.82, 2.24) is 5.01 Å². The van der Waals surface area contributed by atoms with Crippen LogP contribution in [0.15, 0.2) is 59.7 Å². The Hall–Kier alpha value is -4.41. The lowest BCUT2D eigenvalue weighted by atomic mass is 9.63. The molecule has 7 rings (SSSR count). The number of benzene rings is 2. The second kappa shape index (κ2) is 7.55. The van der Waals surface area contributed by atoms with Crippen LogP contribution in [0.1, 0.15) is 12.0 Å². The largest absolute Gasteiger partial charge is 0.450 e. The van der Waals surface area contributed by atoms with Crippen LogP contribution in [0, 0.1) is 55.7 Å². The van der Waals surface area contributed by atoms with E-state index in [0.29, 0.717) is 17.4 Å². The van der Waals surface area contributed by atoms with Gasteiger partial charge in [-0.15, -0.1) is 0 Å². The molecule has 1 aliphatic heterocycles. The van der Waals surface area contributed by atoms with Gasteiger partial charge in [-0.2, -0.15) is 10.1 Å². The van der Waals surface area contributed by atoms with Gasteiger partial charge in [0.15, 0.2) is 0 Å². The van der Waals surface area contributed by atoms with E-state index in [-0.39, 0.29) is 47.0 Å². The zero-order chi connectivity index (χ0) is 24.4. The molecule has 2 bridgehead atoms. The van der Waals surface area contributed by atoms with Crippen LogP contribution < -0.4 is 4.74 Å². The first-order chi connectivity index (χ1) is 16.8. The molecule has 4 aliphatic carbocycles. The standard InChI is InChI=1S/C24H18N4O7/c29-23-21-15-6-7-16(18-10-17(15)18)22(21)24(30)26(23)25-11-12-1-4-14(5-2-12)35-20-8-3-13(27(31)32)9-19(20)28(33)34/h1-9,11,15-18,21-22H,10H2/b25-11-/t15-,16-,17-,18+,21+,22+/m0/s1. The molecule has 1 heterocycles. The molecule has 2 amide bonds. The highest BCUT2D eigenvalue weighted by atomic mass is 16.6. The van der Waals surface area contributed by atoms with Gasteiger partial charge in [-0.3, -0.25) is 29.8 Å². The maximum absolute atomic E-state index is 13.0. The van der Waals surface area contributed by atoms with Gasteiger partial charge in [-0.1, -0.05) is 12.2 Å². The fourth-order valence-electron chi connectivity index (χ4n) is 5.78. The number of ether oxygens (including phenoxy) is 1. The van der Waals surface area contributed by atoms with Crippen molar-refractivity contribution in [3.63, 3.8) is 0 Å². The molecule has 35 heavy (non-hydrogen) atoms. The second-order valence-electron chi connectivity index (χ2n) is 9.22. The van der Waals surface area contributed by atoms with E-state index < -0.39 is 21.2 Å². The van der Waals surface area contributed by atoms with Gasteiger partial charge in [0.25, 0.3) is 17.5 Å². The van der Waals surface area contributed by atoms with Crippen molar-refractivity contribution in [2.45, 2.75) is 6.42 Å². The summed E-state index contributed by atoms with van der Waals surface area (Å²) in [5, 5.41) is 27.4. The molecular formula is C24H18N4O7. The normalized spacial score (nSPS) is 29.9. The molecule has 0 aromatic heterocycles. The molecule has 11 nitrogen and oxygen atoms in total. The Kier molecular flexibility index (Phi) is 4.56. The summed E-state index contributed by atoms with van der Waals surface area (Å²) in [5.74, 6) is 0.311. The number of hydrazone groups is 1. The van der Waals surface area contributed by atoms with E-state index in [1.54, 1.807) is 12.1 Å². The quantitative estimate of drug-likeness (QED) is 0.204. The molecule has 1 saturated heterocycles. The Morgan fingerprint density at radius 1 is 0.914 bits per heavy atom. The third-order valence-electron chi connectivity index (χ3n) is 7.42. The fraction of sp³-hybridized carbons (Fsp3) is 0.292. The first-order valence-corrected chi connectivity index (χ1v) is 11.1. The van der Waals surface area contributed by atoms with Gasteiger partial charge in [0.2, 0.25) is 5.75 Å². The third-order valence-corrected chi connectivity index (χ3v) is 7.42. The first kappa shape index (κ1) is 21.1. The average molecular weight is 474 g/mol. The van der Waals surface area contributed by atoms with Gasteiger partial charge >= 0.3 is 5.69 Å². The van der Waals surface area contributed by atoms with Gasteiger partial charge in [-0.05, 0) is 66.0 Å². The van der Waals surface area contributed by atoms with Crippen molar-refractivity contribution >= 4 is 29.4 Å². The van der Waals surface area contributed by atoms with Crippen molar-refractivity contribution in [3.05, 3.63) is 80.4 Å². The molecule has 0 radical (unpaired) electrons. The number of nitro groups is 2. The van der Waals surface area contributed by atoms with Gasteiger partial charge in [0.1, 0.15) is 5.75 Å². The Balaban J connectivity index is 1.17.